The minimum atomic E-state index is -0.581. The highest BCUT2D eigenvalue weighted by molar-refractivity contribution is 6.01. The summed E-state index contributed by atoms with van der Waals surface area (Å²) in [4.78, 5) is 30.8. The normalized spacial score (nSPS) is 16.1. The van der Waals surface area contributed by atoms with Crippen LogP contribution in [0.1, 0.15) is 50.3 Å². The molecule has 1 aliphatic heterocycles. The largest absolute Gasteiger partial charge is 0.438 e. The second-order valence-electron chi connectivity index (χ2n) is 9.91. The highest BCUT2D eigenvalue weighted by Crippen LogP contribution is 2.28. The first-order chi connectivity index (χ1) is 17.2. The van der Waals surface area contributed by atoms with Gasteiger partial charge in [0.15, 0.2) is 0 Å². The Morgan fingerprint density at radius 1 is 1.31 bits per heavy atom. The molecule has 8 heteroatoms. The third-order valence-corrected chi connectivity index (χ3v) is 6.15. The van der Waals surface area contributed by atoms with Gasteiger partial charge in [0, 0.05) is 19.3 Å². The molecule has 0 radical (unpaired) electrons. The predicted molar refractivity (Wildman–Crippen MR) is 137 cm³/mol. The zero-order valence-electron chi connectivity index (χ0n) is 21.0. The summed E-state index contributed by atoms with van der Waals surface area (Å²) in [7, 11) is 0. The minimum Gasteiger partial charge on any atom is -0.438 e. The zero-order valence-corrected chi connectivity index (χ0v) is 21.0. The Morgan fingerprint density at radius 3 is 2.69 bits per heavy atom. The summed E-state index contributed by atoms with van der Waals surface area (Å²) in [6.07, 6.45) is 4.57. The van der Waals surface area contributed by atoms with Crippen molar-refractivity contribution >= 4 is 17.6 Å². The van der Waals surface area contributed by atoms with E-state index in [9.17, 15) is 14.9 Å². The van der Waals surface area contributed by atoms with Crippen molar-refractivity contribution in [2.24, 2.45) is 0 Å². The number of hydrogen-bond donors (Lipinski definition) is 1. The van der Waals surface area contributed by atoms with E-state index >= 15 is 0 Å². The lowest BCUT2D eigenvalue weighted by molar-refractivity contribution is -0.117. The Kier molecular flexibility index (Phi) is 7.22. The summed E-state index contributed by atoms with van der Waals surface area (Å²) < 4.78 is 13.0. The fourth-order valence-corrected chi connectivity index (χ4v) is 4.03. The van der Waals surface area contributed by atoms with E-state index in [4.69, 9.17) is 9.47 Å². The van der Waals surface area contributed by atoms with Crippen LogP contribution in [-0.4, -0.2) is 34.5 Å². The molecule has 1 N–H and O–H groups in total. The molecule has 36 heavy (non-hydrogen) atoms. The summed E-state index contributed by atoms with van der Waals surface area (Å²) in [5.74, 6) is -0.0662. The number of nitriles is 1. The number of hydrogen-bond acceptors (Lipinski definition) is 6. The average Bonchev–Trinajstić information content (AvgIpc) is 3.37. The van der Waals surface area contributed by atoms with Gasteiger partial charge in [-0.1, -0.05) is 39.0 Å². The van der Waals surface area contributed by atoms with Crippen molar-refractivity contribution in [2.45, 2.75) is 52.1 Å². The van der Waals surface area contributed by atoms with Gasteiger partial charge in [-0.3, -0.25) is 14.0 Å². The minimum absolute atomic E-state index is 0.0156. The van der Waals surface area contributed by atoms with Crippen LogP contribution in [-0.2, 0) is 14.9 Å². The van der Waals surface area contributed by atoms with Crippen LogP contribution < -0.4 is 15.6 Å². The molecule has 0 bridgehead atoms. The Balaban J connectivity index is 1.74. The number of ether oxygens (including phenoxy) is 2. The monoisotopic (exact) mass is 486 g/mol. The number of pyridine rings is 1. The molecule has 1 fully saturated rings. The molecule has 1 aromatic carbocycles. The molecule has 0 unspecified atom stereocenters. The van der Waals surface area contributed by atoms with E-state index in [0.717, 1.165) is 24.0 Å². The van der Waals surface area contributed by atoms with Crippen molar-refractivity contribution in [1.82, 2.24) is 14.7 Å². The lowest BCUT2D eigenvalue weighted by Crippen LogP contribution is -2.32. The lowest BCUT2D eigenvalue weighted by atomic mass is 9.87. The van der Waals surface area contributed by atoms with E-state index in [1.54, 1.807) is 12.3 Å². The van der Waals surface area contributed by atoms with Crippen LogP contribution in [0.25, 0.3) is 11.7 Å². The zero-order chi connectivity index (χ0) is 25.9. The van der Waals surface area contributed by atoms with Gasteiger partial charge in [0.2, 0.25) is 5.88 Å². The first kappa shape index (κ1) is 25.1. The quantitative estimate of drug-likeness (QED) is 0.411. The number of carbonyl (C=O) groups is 1. The number of benzene rings is 1. The Bertz CT molecular complexity index is 1400. The van der Waals surface area contributed by atoms with Crippen LogP contribution in [0.3, 0.4) is 0 Å². The third-order valence-electron chi connectivity index (χ3n) is 6.15. The fourth-order valence-electron chi connectivity index (χ4n) is 4.03. The van der Waals surface area contributed by atoms with Gasteiger partial charge in [0.25, 0.3) is 11.5 Å². The molecule has 8 nitrogen and oxygen atoms in total. The number of rotatable bonds is 6. The van der Waals surface area contributed by atoms with Gasteiger partial charge in [-0.2, -0.15) is 10.2 Å². The number of nitrogens with one attached hydrogen (secondary N) is 1. The maximum absolute atomic E-state index is 13.5. The van der Waals surface area contributed by atoms with Crippen LogP contribution in [0.4, 0.5) is 0 Å². The molecular formula is C28H30N4O4. The number of carbonyl (C=O) groups excluding carboxylic acids is 1. The topological polar surface area (TPSA) is 106 Å². The van der Waals surface area contributed by atoms with E-state index in [1.165, 1.54) is 10.5 Å². The van der Waals surface area contributed by atoms with Gasteiger partial charge in [0.05, 0.1) is 6.10 Å². The SMILES string of the molecule is Cc1cccn2c(=O)c(/C=C(\C#N)C(=O)NC[C@H]3CCCO3)c(Oc3ccc(C(C)(C)C)cc3)nc12. The van der Waals surface area contributed by atoms with Gasteiger partial charge >= 0.3 is 0 Å². The third kappa shape index (κ3) is 5.47. The second kappa shape index (κ2) is 10.3. The fraction of sp³-hybridized carbons (Fsp3) is 0.357. The van der Waals surface area contributed by atoms with Crippen molar-refractivity contribution in [1.29, 1.82) is 5.26 Å². The lowest BCUT2D eigenvalue weighted by Gasteiger charge is -2.19. The van der Waals surface area contributed by atoms with Gasteiger partial charge in [0.1, 0.15) is 28.6 Å². The smallest absolute Gasteiger partial charge is 0.269 e. The van der Waals surface area contributed by atoms with Crippen LogP contribution in [0, 0.1) is 18.3 Å². The molecule has 2 aromatic heterocycles. The van der Waals surface area contributed by atoms with Crippen molar-refractivity contribution in [2.75, 3.05) is 13.2 Å². The molecule has 1 atom stereocenters. The highest BCUT2D eigenvalue weighted by Gasteiger charge is 2.21. The summed E-state index contributed by atoms with van der Waals surface area (Å²) in [6, 6.07) is 13.0. The van der Waals surface area contributed by atoms with Gasteiger partial charge < -0.3 is 14.8 Å². The number of aromatic nitrogens is 2. The number of nitrogens with zero attached hydrogens (tertiary/aromatic N) is 3. The average molecular weight is 487 g/mol. The Labute approximate surface area is 210 Å². The molecule has 186 valence electrons. The summed E-state index contributed by atoms with van der Waals surface area (Å²) >= 11 is 0. The van der Waals surface area contributed by atoms with Crippen molar-refractivity contribution in [3.05, 3.63) is 75.2 Å². The van der Waals surface area contributed by atoms with Crippen molar-refractivity contribution in [3.8, 4) is 17.7 Å². The van der Waals surface area contributed by atoms with Crippen LogP contribution in [0.15, 0.2) is 53.0 Å². The molecule has 0 spiro atoms. The van der Waals surface area contributed by atoms with Crippen LogP contribution in [0.5, 0.6) is 11.6 Å². The van der Waals surface area contributed by atoms with Gasteiger partial charge in [-0.05, 0) is 60.6 Å². The molecule has 3 heterocycles. The molecular weight excluding hydrogens is 456 g/mol. The number of fused-ring (bicyclic) bond motifs is 1. The molecule has 3 aromatic rings. The highest BCUT2D eigenvalue weighted by atomic mass is 16.5. The van der Waals surface area contributed by atoms with Crippen LogP contribution in [0.2, 0.25) is 0 Å². The van der Waals surface area contributed by atoms with E-state index < -0.39 is 11.5 Å². The second-order valence-corrected chi connectivity index (χ2v) is 9.91. The predicted octanol–water partition coefficient (Wildman–Crippen LogP) is 4.29. The molecule has 0 saturated carbocycles. The van der Waals surface area contributed by atoms with Crippen LogP contribution >= 0.6 is 0 Å². The van der Waals surface area contributed by atoms with E-state index in [-0.39, 0.29) is 28.5 Å². The van der Waals surface area contributed by atoms with Gasteiger partial charge in [-0.15, -0.1) is 0 Å². The maximum Gasteiger partial charge on any atom is 0.269 e. The Morgan fingerprint density at radius 2 is 2.06 bits per heavy atom. The van der Waals surface area contributed by atoms with E-state index in [1.807, 2.05) is 43.3 Å². The number of amides is 1. The van der Waals surface area contributed by atoms with Gasteiger partial charge in [-0.25, -0.2) is 0 Å². The van der Waals surface area contributed by atoms with Crippen molar-refractivity contribution in [3.63, 3.8) is 0 Å². The molecule has 4 rings (SSSR count). The standard InChI is InChI=1S/C28H30N4O4/c1-18-7-5-13-32-24(18)31-26(36-21-11-9-20(10-12-21)28(2,3)4)23(27(32)34)15-19(16-29)25(33)30-17-22-8-6-14-35-22/h5,7,9-13,15,22H,6,8,14,17H2,1-4H3,(H,30,33)/b19-15+/t22-/m1/s1. The summed E-state index contributed by atoms with van der Waals surface area (Å²) in [5, 5.41) is 12.4. The molecule has 1 amide bonds. The summed E-state index contributed by atoms with van der Waals surface area (Å²) in [6.45, 7) is 9.17. The maximum atomic E-state index is 13.5. The summed E-state index contributed by atoms with van der Waals surface area (Å²) in [5.41, 5.74) is 1.68. The first-order valence-electron chi connectivity index (χ1n) is 12.0. The van der Waals surface area contributed by atoms with E-state index in [0.29, 0.717) is 24.5 Å². The van der Waals surface area contributed by atoms with E-state index in [2.05, 4.69) is 31.1 Å². The molecule has 0 aliphatic carbocycles. The van der Waals surface area contributed by atoms with Crippen molar-refractivity contribution < 1.29 is 14.3 Å². The molecule has 1 aliphatic rings. The number of aryl methyl sites for hydroxylation is 1. The molecule has 1 saturated heterocycles. The first-order valence-corrected chi connectivity index (χ1v) is 12.0. The Hall–Kier alpha value is -3.96.